The van der Waals surface area contributed by atoms with Gasteiger partial charge in [-0.05, 0) is 39.2 Å². The highest BCUT2D eigenvalue weighted by atomic mass is 16.2. The highest BCUT2D eigenvalue weighted by molar-refractivity contribution is 5.95. The largest absolute Gasteiger partial charge is 0.313 e. The predicted octanol–water partition coefficient (Wildman–Crippen LogP) is 1.19. The van der Waals surface area contributed by atoms with Crippen LogP contribution in [0.15, 0.2) is 0 Å². The van der Waals surface area contributed by atoms with Crippen molar-refractivity contribution in [2.45, 2.75) is 39.2 Å². The molecule has 0 unspecified atom stereocenters. The van der Waals surface area contributed by atoms with Crippen LogP contribution in [0, 0.1) is 12.8 Å². The Labute approximate surface area is 113 Å². The predicted molar refractivity (Wildman–Crippen MR) is 72.9 cm³/mol. The molecule has 102 valence electrons. The lowest BCUT2D eigenvalue weighted by molar-refractivity contribution is -0.119. The van der Waals surface area contributed by atoms with E-state index in [0.29, 0.717) is 18.9 Å². The van der Waals surface area contributed by atoms with Gasteiger partial charge in [0.15, 0.2) is 0 Å². The van der Waals surface area contributed by atoms with Gasteiger partial charge in [-0.25, -0.2) is 9.97 Å². The number of fused-ring (bicyclic) bond motifs is 1. The van der Waals surface area contributed by atoms with E-state index in [9.17, 15) is 4.79 Å². The number of amides is 1. The molecule has 0 saturated heterocycles. The zero-order valence-corrected chi connectivity index (χ0v) is 11.6. The van der Waals surface area contributed by atoms with Crippen LogP contribution < -0.4 is 10.2 Å². The number of aromatic nitrogens is 2. The zero-order chi connectivity index (χ0) is 13.4. The van der Waals surface area contributed by atoms with Crippen LogP contribution in [-0.4, -0.2) is 29.5 Å². The molecule has 2 heterocycles. The van der Waals surface area contributed by atoms with Crippen LogP contribution in [-0.2, 0) is 17.8 Å². The Balaban J connectivity index is 1.98. The second kappa shape index (κ2) is 4.89. The summed E-state index contributed by atoms with van der Waals surface area (Å²) in [5, 5.41) is 3.07. The molecule has 0 spiro atoms. The van der Waals surface area contributed by atoms with E-state index in [-0.39, 0.29) is 5.91 Å². The third-order valence-corrected chi connectivity index (χ3v) is 3.86. The molecular formula is C14H20N4O. The molecule has 19 heavy (non-hydrogen) atoms. The van der Waals surface area contributed by atoms with Crippen molar-refractivity contribution in [1.29, 1.82) is 0 Å². The van der Waals surface area contributed by atoms with E-state index in [1.807, 2.05) is 18.9 Å². The Bertz CT molecular complexity index is 510. The van der Waals surface area contributed by atoms with Crippen LogP contribution in [0.4, 0.5) is 5.82 Å². The average Bonchev–Trinajstić information content (AvgIpc) is 3.17. The minimum atomic E-state index is 0.216. The Kier molecular flexibility index (Phi) is 3.22. The molecule has 1 saturated carbocycles. The summed E-state index contributed by atoms with van der Waals surface area (Å²) in [5.74, 6) is 2.53. The fraction of sp³-hybridized carbons (Fsp3) is 0.643. The van der Waals surface area contributed by atoms with Crippen molar-refractivity contribution in [3.8, 4) is 0 Å². The Morgan fingerprint density at radius 3 is 2.79 bits per heavy atom. The van der Waals surface area contributed by atoms with Crippen molar-refractivity contribution >= 4 is 11.7 Å². The second-order valence-electron chi connectivity index (χ2n) is 5.51. The summed E-state index contributed by atoms with van der Waals surface area (Å²) in [6.07, 6.45) is 3.86. The van der Waals surface area contributed by atoms with E-state index in [4.69, 9.17) is 0 Å². The fourth-order valence-corrected chi connectivity index (χ4v) is 2.62. The van der Waals surface area contributed by atoms with Gasteiger partial charge in [0.05, 0.1) is 6.54 Å². The van der Waals surface area contributed by atoms with Gasteiger partial charge in [-0.1, -0.05) is 0 Å². The quantitative estimate of drug-likeness (QED) is 0.883. The number of anilines is 1. The molecule has 0 bridgehead atoms. The molecule has 5 nitrogen and oxygen atoms in total. The van der Waals surface area contributed by atoms with Gasteiger partial charge in [-0.3, -0.25) is 9.69 Å². The van der Waals surface area contributed by atoms with Crippen molar-refractivity contribution in [3.05, 3.63) is 17.1 Å². The molecule has 1 aromatic rings. The number of aryl methyl sites for hydroxylation is 1. The number of carbonyl (C=O) groups is 1. The lowest BCUT2D eigenvalue weighted by Gasteiger charge is -2.29. The van der Waals surface area contributed by atoms with Crippen molar-refractivity contribution in [2.75, 3.05) is 18.5 Å². The molecule has 0 radical (unpaired) electrons. The molecule has 1 aliphatic carbocycles. The second-order valence-corrected chi connectivity index (χ2v) is 5.51. The van der Waals surface area contributed by atoms with Gasteiger partial charge in [0.1, 0.15) is 11.6 Å². The standard InChI is InChI=1S/C14H20N4O/c1-9-11-5-6-13(19)18(8-10-3-4-10)14(11)17-12(16-9)7-15-2/h10,15H,3-8H2,1-2H3. The van der Waals surface area contributed by atoms with E-state index >= 15 is 0 Å². The summed E-state index contributed by atoms with van der Waals surface area (Å²) in [7, 11) is 1.88. The van der Waals surface area contributed by atoms with Gasteiger partial charge in [-0.2, -0.15) is 0 Å². The Morgan fingerprint density at radius 2 is 2.11 bits per heavy atom. The Morgan fingerprint density at radius 1 is 1.32 bits per heavy atom. The van der Waals surface area contributed by atoms with Crippen LogP contribution in [0.2, 0.25) is 0 Å². The maximum absolute atomic E-state index is 12.2. The number of carbonyl (C=O) groups excluding carboxylic acids is 1. The summed E-state index contributed by atoms with van der Waals surface area (Å²) in [5.41, 5.74) is 2.17. The van der Waals surface area contributed by atoms with Gasteiger partial charge < -0.3 is 5.32 Å². The molecule has 0 aromatic carbocycles. The molecule has 0 atom stereocenters. The van der Waals surface area contributed by atoms with Gasteiger partial charge >= 0.3 is 0 Å². The first-order valence-corrected chi connectivity index (χ1v) is 7.00. The lowest BCUT2D eigenvalue weighted by Crippen LogP contribution is -2.38. The molecule has 1 amide bonds. The molecule has 5 heteroatoms. The molecular weight excluding hydrogens is 240 g/mol. The molecule has 3 rings (SSSR count). The summed E-state index contributed by atoms with van der Waals surface area (Å²) in [6.45, 7) is 3.49. The minimum Gasteiger partial charge on any atom is -0.313 e. The maximum atomic E-state index is 12.2. The highest BCUT2D eigenvalue weighted by Gasteiger charge is 2.32. The van der Waals surface area contributed by atoms with Crippen molar-refractivity contribution in [2.24, 2.45) is 5.92 Å². The third-order valence-electron chi connectivity index (χ3n) is 3.86. The molecule has 1 aliphatic heterocycles. The van der Waals surface area contributed by atoms with Crippen LogP contribution in [0.3, 0.4) is 0 Å². The number of nitrogens with one attached hydrogen (secondary N) is 1. The van der Waals surface area contributed by atoms with E-state index < -0.39 is 0 Å². The van der Waals surface area contributed by atoms with Crippen molar-refractivity contribution < 1.29 is 4.79 Å². The lowest BCUT2D eigenvalue weighted by atomic mass is 10.0. The van der Waals surface area contributed by atoms with Gasteiger partial charge in [-0.15, -0.1) is 0 Å². The van der Waals surface area contributed by atoms with Gasteiger partial charge in [0.2, 0.25) is 5.91 Å². The van der Waals surface area contributed by atoms with Gasteiger partial charge in [0, 0.05) is 24.2 Å². The number of hydrogen-bond donors (Lipinski definition) is 1. The van der Waals surface area contributed by atoms with E-state index in [2.05, 4.69) is 15.3 Å². The van der Waals surface area contributed by atoms with Crippen LogP contribution in [0.5, 0.6) is 0 Å². The summed E-state index contributed by atoms with van der Waals surface area (Å²) >= 11 is 0. The number of nitrogens with zero attached hydrogens (tertiary/aromatic N) is 3. The van der Waals surface area contributed by atoms with Crippen LogP contribution >= 0.6 is 0 Å². The van der Waals surface area contributed by atoms with Crippen molar-refractivity contribution in [1.82, 2.24) is 15.3 Å². The zero-order valence-electron chi connectivity index (χ0n) is 11.6. The topological polar surface area (TPSA) is 58.1 Å². The molecule has 1 N–H and O–H groups in total. The first kappa shape index (κ1) is 12.5. The van der Waals surface area contributed by atoms with Gasteiger partial charge in [0.25, 0.3) is 0 Å². The highest BCUT2D eigenvalue weighted by Crippen LogP contribution is 2.34. The normalized spacial score (nSPS) is 18.6. The molecule has 1 aromatic heterocycles. The first-order valence-electron chi connectivity index (χ1n) is 7.00. The van der Waals surface area contributed by atoms with Crippen molar-refractivity contribution in [3.63, 3.8) is 0 Å². The third kappa shape index (κ3) is 2.47. The Hall–Kier alpha value is -1.49. The monoisotopic (exact) mass is 260 g/mol. The fourth-order valence-electron chi connectivity index (χ4n) is 2.62. The minimum absolute atomic E-state index is 0.216. The number of rotatable bonds is 4. The van der Waals surface area contributed by atoms with E-state index in [0.717, 1.165) is 35.9 Å². The molecule has 1 fully saturated rings. The summed E-state index contributed by atoms with van der Waals surface area (Å²) in [4.78, 5) is 23.2. The van der Waals surface area contributed by atoms with E-state index in [1.165, 1.54) is 12.8 Å². The maximum Gasteiger partial charge on any atom is 0.228 e. The van der Waals surface area contributed by atoms with E-state index in [1.54, 1.807) is 0 Å². The smallest absolute Gasteiger partial charge is 0.228 e. The summed E-state index contributed by atoms with van der Waals surface area (Å²) < 4.78 is 0. The van der Waals surface area contributed by atoms with Crippen LogP contribution in [0.25, 0.3) is 0 Å². The summed E-state index contributed by atoms with van der Waals surface area (Å²) in [6, 6.07) is 0. The number of hydrogen-bond acceptors (Lipinski definition) is 4. The molecule has 2 aliphatic rings. The SMILES string of the molecule is CNCc1nc(C)c2c(n1)N(CC1CC1)C(=O)CC2. The first-order chi connectivity index (χ1) is 9.19. The average molecular weight is 260 g/mol. The van der Waals surface area contributed by atoms with Crippen LogP contribution in [0.1, 0.15) is 36.3 Å².